The van der Waals surface area contributed by atoms with Crippen LogP contribution in [0.2, 0.25) is 0 Å². The Balaban J connectivity index is 2.13. The minimum Gasteiger partial charge on any atom is -0.307 e. The zero-order valence-electron chi connectivity index (χ0n) is 11.5. The first-order valence-electron chi connectivity index (χ1n) is 6.77. The standard InChI is InChI=1S/C14H22N2O2S/c1-10-5-3-8-14(10)16-11(2)12-6-4-7-13(9-12)19(15,17)18/h4,6-7,9-11,14,16H,3,5,8H2,1-2H3,(H2,15,17,18). The highest BCUT2D eigenvalue weighted by molar-refractivity contribution is 7.89. The molecule has 0 saturated heterocycles. The van der Waals surface area contributed by atoms with Gasteiger partial charge in [-0.05, 0) is 43.4 Å². The number of nitrogens with one attached hydrogen (secondary N) is 1. The van der Waals surface area contributed by atoms with Crippen LogP contribution in [-0.2, 0) is 10.0 Å². The van der Waals surface area contributed by atoms with Crippen molar-refractivity contribution in [1.82, 2.24) is 5.32 Å². The number of hydrogen-bond donors (Lipinski definition) is 2. The van der Waals surface area contributed by atoms with E-state index >= 15 is 0 Å². The van der Waals surface area contributed by atoms with E-state index in [1.807, 2.05) is 6.07 Å². The molecule has 106 valence electrons. The number of rotatable bonds is 4. The van der Waals surface area contributed by atoms with Crippen LogP contribution in [0.25, 0.3) is 0 Å². The van der Waals surface area contributed by atoms with Crippen molar-refractivity contribution in [2.24, 2.45) is 11.1 Å². The molecular weight excluding hydrogens is 260 g/mol. The first-order valence-corrected chi connectivity index (χ1v) is 8.31. The van der Waals surface area contributed by atoms with Crippen molar-refractivity contribution in [2.75, 3.05) is 0 Å². The van der Waals surface area contributed by atoms with Gasteiger partial charge in [0.05, 0.1) is 4.90 Å². The lowest BCUT2D eigenvalue weighted by molar-refractivity contribution is 0.388. The van der Waals surface area contributed by atoms with Crippen LogP contribution in [0.3, 0.4) is 0 Å². The average molecular weight is 282 g/mol. The highest BCUT2D eigenvalue weighted by Crippen LogP contribution is 2.27. The third-order valence-corrected chi connectivity index (χ3v) is 4.92. The molecule has 2 rings (SSSR count). The molecule has 1 aromatic rings. The number of sulfonamides is 1. The molecule has 5 heteroatoms. The third-order valence-electron chi connectivity index (χ3n) is 4.01. The summed E-state index contributed by atoms with van der Waals surface area (Å²) in [5.41, 5.74) is 0.964. The van der Waals surface area contributed by atoms with Crippen LogP contribution in [0.4, 0.5) is 0 Å². The van der Waals surface area contributed by atoms with Gasteiger partial charge in [-0.15, -0.1) is 0 Å². The Morgan fingerprint density at radius 2 is 2.11 bits per heavy atom. The molecule has 4 nitrogen and oxygen atoms in total. The number of nitrogens with two attached hydrogens (primary N) is 1. The van der Waals surface area contributed by atoms with Crippen molar-refractivity contribution in [2.45, 2.75) is 50.1 Å². The average Bonchev–Trinajstić information content (AvgIpc) is 2.74. The van der Waals surface area contributed by atoms with Crippen LogP contribution in [0.1, 0.15) is 44.7 Å². The van der Waals surface area contributed by atoms with Crippen molar-refractivity contribution in [1.29, 1.82) is 0 Å². The van der Waals surface area contributed by atoms with Gasteiger partial charge < -0.3 is 5.32 Å². The molecule has 1 fully saturated rings. The van der Waals surface area contributed by atoms with Crippen LogP contribution >= 0.6 is 0 Å². The third kappa shape index (κ3) is 3.55. The minimum atomic E-state index is -3.62. The predicted molar refractivity (Wildman–Crippen MR) is 76.2 cm³/mol. The lowest BCUT2D eigenvalue weighted by Gasteiger charge is -2.23. The molecule has 0 spiro atoms. The largest absolute Gasteiger partial charge is 0.307 e. The van der Waals surface area contributed by atoms with Gasteiger partial charge in [-0.1, -0.05) is 25.5 Å². The number of benzene rings is 1. The molecule has 1 saturated carbocycles. The molecular formula is C14H22N2O2S. The molecule has 3 unspecified atom stereocenters. The predicted octanol–water partition coefficient (Wildman–Crippen LogP) is 2.17. The van der Waals surface area contributed by atoms with Crippen LogP contribution in [0.15, 0.2) is 29.2 Å². The second-order valence-electron chi connectivity index (χ2n) is 5.52. The smallest absolute Gasteiger partial charge is 0.238 e. The Hall–Kier alpha value is -0.910. The van der Waals surface area contributed by atoms with Gasteiger partial charge in [-0.3, -0.25) is 0 Å². The molecule has 0 aromatic heterocycles. The Labute approximate surface area is 115 Å². The molecule has 0 heterocycles. The Bertz CT molecular complexity index is 542. The van der Waals surface area contributed by atoms with E-state index in [9.17, 15) is 8.42 Å². The van der Waals surface area contributed by atoms with E-state index < -0.39 is 10.0 Å². The SMILES string of the molecule is CC(NC1CCCC1C)c1cccc(S(N)(=O)=O)c1. The summed E-state index contributed by atoms with van der Waals surface area (Å²) in [6, 6.07) is 7.52. The maximum Gasteiger partial charge on any atom is 0.238 e. The summed E-state index contributed by atoms with van der Waals surface area (Å²) in [5, 5.41) is 8.75. The van der Waals surface area contributed by atoms with Gasteiger partial charge in [0.2, 0.25) is 10.0 Å². The summed E-state index contributed by atoms with van der Waals surface area (Å²) in [4.78, 5) is 0.179. The van der Waals surface area contributed by atoms with E-state index in [0.29, 0.717) is 12.0 Å². The highest BCUT2D eigenvalue weighted by Gasteiger charge is 2.24. The lowest BCUT2D eigenvalue weighted by Crippen LogP contribution is -2.33. The lowest BCUT2D eigenvalue weighted by atomic mass is 10.0. The van der Waals surface area contributed by atoms with Gasteiger partial charge in [0.15, 0.2) is 0 Å². The monoisotopic (exact) mass is 282 g/mol. The topological polar surface area (TPSA) is 72.2 Å². The Morgan fingerprint density at radius 1 is 1.37 bits per heavy atom. The fraction of sp³-hybridized carbons (Fsp3) is 0.571. The summed E-state index contributed by atoms with van der Waals surface area (Å²) in [6.07, 6.45) is 3.73. The van der Waals surface area contributed by atoms with Crippen molar-refractivity contribution in [3.05, 3.63) is 29.8 Å². The zero-order chi connectivity index (χ0) is 14.0. The normalized spacial score (nSPS) is 25.4. The molecule has 19 heavy (non-hydrogen) atoms. The second kappa shape index (κ2) is 5.61. The van der Waals surface area contributed by atoms with Gasteiger partial charge in [0, 0.05) is 12.1 Å². The maximum absolute atomic E-state index is 11.4. The maximum atomic E-state index is 11.4. The zero-order valence-corrected chi connectivity index (χ0v) is 12.3. The van der Waals surface area contributed by atoms with E-state index in [2.05, 4.69) is 19.2 Å². The fourth-order valence-corrected chi connectivity index (χ4v) is 3.34. The van der Waals surface area contributed by atoms with E-state index in [1.54, 1.807) is 12.1 Å². The van der Waals surface area contributed by atoms with Gasteiger partial charge in [0.25, 0.3) is 0 Å². The van der Waals surface area contributed by atoms with Crippen molar-refractivity contribution in [3.63, 3.8) is 0 Å². The van der Waals surface area contributed by atoms with E-state index in [0.717, 1.165) is 5.56 Å². The van der Waals surface area contributed by atoms with Gasteiger partial charge in [0.1, 0.15) is 0 Å². The van der Waals surface area contributed by atoms with Crippen molar-refractivity contribution < 1.29 is 8.42 Å². The molecule has 3 atom stereocenters. The number of primary sulfonamides is 1. The molecule has 1 aromatic carbocycles. The fourth-order valence-electron chi connectivity index (χ4n) is 2.77. The summed E-state index contributed by atoms with van der Waals surface area (Å²) in [7, 11) is -3.62. The Morgan fingerprint density at radius 3 is 2.68 bits per heavy atom. The van der Waals surface area contributed by atoms with Crippen molar-refractivity contribution >= 4 is 10.0 Å². The number of hydrogen-bond acceptors (Lipinski definition) is 3. The highest BCUT2D eigenvalue weighted by atomic mass is 32.2. The molecule has 0 radical (unpaired) electrons. The molecule has 0 aliphatic heterocycles. The van der Waals surface area contributed by atoms with E-state index in [1.165, 1.54) is 25.3 Å². The Kier molecular flexibility index (Phi) is 4.28. The summed E-state index contributed by atoms with van der Waals surface area (Å²) >= 11 is 0. The van der Waals surface area contributed by atoms with Gasteiger partial charge in [-0.25, -0.2) is 13.6 Å². The van der Waals surface area contributed by atoms with Crippen LogP contribution in [-0.4, -0.2) is 14.5 Å². The quantitative estimate of drug-likeness (QED) is 0.889. The van der Waals surface area contributed by atoms with Crippen molar-refractivity contribution in [3.8, 4) is 0 Å². The van der Waals surface area contributed by atoms with Crippen LogP contribution in [0, 0.1) is 5.92 Å². The molecule has 0 bridgehead atoms. The van der Waals surface area contributed by atoms with Gasteiger partial charge >= 0.3 is 0 Å². The molecule has 0 amide bonds. The molecule has 1 aliphatic carbocycles. The first kappa shape index (κ1) is 14.5. The van der Waals surface area contributed by atoms with E-state index in [4.69, 9.17) is 5.14 Å². The van der Waals surface area contributed by atoms with Crippen LogP contribution in [0.5, 0.6) is 0 Å². The summed E-state index contributed by atoms with van der Waals surface area (Å²) in [5.74, 6) is 0.684. The summed E-state index contributed by atoms with van der Waals surface area (Å²) < 4.78 is 22.7. The molecule has 1 aliphatic rings. The minimum absolute atomic E-state index is 0.132. The van der Waals surface area contributed by atoms with Gasteiger partial charge in [-0.2, -0.15) is 0 Å². The first-order chi connectivity index (χ1) is 8.88. The summed E-state index contributed by atoms with van der Waals surface area (Å²) in [6.45, 7) is 4.32. The van der Waals surface area contributed by atoms with Crippen LogP contribution < -0.4 is 10.5 Å². The second-order valence-corrected chi connectivity index (χ2v) is 7.08. The molecule has 3 N–H and O–H groups in total. The van der Waals surface area contributed by atoms with E-state index in [-0.39, 0.29) is 10.9 Å².